The van der Waals surface area contributed by atoms with Crippen LogP contribution in [0.2, 0.25) is 12.1 Å². The van der Waals surface area contributed by atoms with Crippen molar-refractivity contribution in [2.75, 3.05) is 13.2 Å². The average Bonchev–Trinajstić information content (AvgIpc) is 1.82. The van der Waals surface area contributed by atoms with E-state index in [1.807, 2.05) is 0 Å². The van der Waals surface area contributed by atoms with Gasteiger partial charge >= 0.3 is 8.56 Å². The second-order valence-corrected chi connectivity index (χ2v) is 6.94. The molecule has 0 radical (unpaired) electrons. The van der Waals surface area contributed by atoms with Crippen LogP contribution in [0, 0.1) is 0 Å². The van der Waals surface area contributed by atoms with Gasteiger partial charge in [-0.25, -0.2) is 0 Å². The van der Waals surface area contributed by atoms with Gasteiger partial charge in [-0.3, -0.25) is 0 Å². The van der Waals surface area contributed by atoms with Crippen molar-refractivity contribution in [2.24, 2.45) is 0 Å². The zero-order valence-electron chi connectivity index (χ0n) is 8.43. The van der Waals surface area contributed by atoms with E-state index in [2.05, 4.69) is 20.4 Å². The molecule has 1 rings (SSSR count). The molecule has 0 aromatic rings. The van der Waals surface area contributed by atoms with E-state index in [1.165, 1.54) is 19.3 Å². The van der Waals surface area contributed by atoms with Crippen LogP contribution >= 0.6 is 0 Å². The Morgan fingerprint density at radius 2 is 1.67 bits per heavy atom. The lowest BCUT2D eigenvalue weighted by Gasteiger charge is -2.39. The Balaban J connectivity index is 2.44. The van der Waals surface area contributed by atoms with Crippen LogP contribution in [0.3, 0.4) is 0 Å². The fourth-order valence-corrected chi connectivity index (χ4v) is 4.94. The van der Waals surface area contributed by atoms with Gasteiger partial charge < -0.3 is 8.85 Å². The Morgan fingerprint density at radius 3 is 1.92 bits per heavy atom. The van der Waals surface area contributed by atoms with E-state index < -0.39 is 8.56 Å². The maximum absolute atomic E-state index is 5.79. The Hall–Kier alpha value is 0.137. The van der Waals surface area contributed by atoms with Crippen molar-refractivity contribution in [3.05, 3.63) is 0 Å². The van der Waals surface area contributed by atoms with Gasteiger partial charge in [0.05, 0.1) is 0 Å². The molecule has 1 saturated carbocycles. The van der Waals surface area contributed by atoms with Crippen LogP contribution in [0.25, 0.3) is 0 Å². The van der Waals surface area contributed by atoms with Crippen molar-refractivity contribution in [3.63, 3.8) is 0 Å². The van der Waals surface area contributed by atoms with Gasteiger partial charge in [0, 0.05) is 18.8 Å². The van der Waals surface area contributed by atoms with Crippen LogP contribution in [0.5, 0.6) is 0 Å². The monoisotopic (exact) mass is 188 g/mol. The van der Waals surface area contributed by atoms with Gasteiger partial charge in [-0.2, -0.15) is 0 Å². The molecule has 1 fully saturated rings. The van der Waals surface area contributed by atoms with Gasteiger partial charge in [0.15, 0.2) is 0 Å². The van der Waals surface area contributed by atoms with Crippen molar-refractivity contribution in [3.8, 4) is 0 Å². The third-order valence-corrected chi connectivity index (χ3v) is 6.49. The standard InChI is InChI=1S/C9H20O2Si/c1-4-10-12(3,11-5-2)9-7-6-8-9/h9H,4-8H2,1-3H3. The van der Waals surface area contributed by atoms with Crippen molar-refractivity contribution in [1.82, 2.24) is 0 Å². The highest BCUT2D eigenvalue weighted by atomic mass is 28.4. The van der Waals surface area contributed by atoms with Crippen molar-refractivity contribution in [1.29, 1.82) is 0 Å². The molecule has 0 saturated heterocycles. The maximum atomic E-state index is 5.79. The molecule has 0 amide bonds. The van der Waals surface area contributed by atoms with E-state index in [9.17, 15) is 0 Å². The van der Waals surface area contributed by atoms with Gasteiger partial charge in [-0.05, 0) is 33.2 Å². The van der Waals surface area contributed by atoms with Crippen LogP contribution in [0.1, 0.15) is 33.1 Å². The van der Waals surface area contributed by atoms with Gasteiger partial charge in [-0.1, -0.05) is 6.42 Å². The fourth-order valence-electron chi connectivity index (χ4n) is 1.78. The van der Waals surface area contributed by atoms with Crippen molar-refractivity contribution in [2.45, 2.75) is 45.2 Å². The highest BCUT2D eigenvalue weighted by Crippen LogP contribution is 2.41. The summed E-state index contributed by atoms with van der Waals surface area (Å²) in [4.78, 5) is 0. The molecule has 1 aliphatic carbocycles. The first-order valence-corrected chi connectivity index (χ1v) is 7.40. The summed E-state index contributed by atoms with van der Waals surface area (Å²) in [5.41, 5.74) is 0.761. The molecule has 0 unspecified atom stereocenters. The minimum atomic E-state index is -1.77. The summed E-state index contributed by atoms with van der Waals surface area (Å²) in [6.07, 6.45) is 4.01. The van der Waals surface area contributed by atoms with Crippen LogP contribution in [-0.2, 0) is 8.85 Å². The molecule has 72 valence electrons. The molecule has 1 aliphatic rings. The average molecular weight is 188 g/mol. The van der Waals surface area contributed by atoms with Crippen molar-refractivity contribution < 1.29 is 8.85 Å². The lowest BCUT2D eigenvalue weighted by Crippen LogP contribution is -2.46. The molecule has 0 aromatic heterocycles. The lowest BCUT2D eigenvalue weighted by atomic mass is 10.00. The third-order valence-electron chi connectivity index (χ3n) is 2.71. The molecule has 3 heteroatoms. The van der Waals surface area contributed by atoms with Gasteiger partial charge in [0.2, 0.25) is 0 Å². The molecule has 12 heavy (non-hydrogen) atoms. The molecule has 0 heterocycles. The van der Waals surface area contributed by atoms with Crippen LogP contribution in [-0.4, -0.2) is 21.8 Å². The number of rotatable bonds is 5. The normalized spacial score (nSPS) is 19.2. The maximum Gasteiger partial charge on any atom is 0.338 e. The lowest BCUT2D eigenvalue weighted by molar-refractivity contribution is 0.164. The minimum Gasteiger partial charge on any atom is -0.394 e. The van der Waals surface area contributed by atoms with E-state index in [0.29, 0.717) is 0 Å². The first-order valence-electron chi connectivity index (χ1n) is 5.00. The molecule has 0 spiro atoms. The number of hydrogen-bond donors (Lipinski definition) is 0. The van der Waals surface area contributed by atoms with Crippen LogP contribution in [0.4, 0.5) is 0 Å². The molecule has 0 atom stereocenters. The smallest absolute Gasteiger partial charge is 0.338 e. The highest BCUT2D eigenvalue weighted by Gasteiger charge is 2.43. The summed E-state index contributed by atoms with van der Waals surface area (Å²) >= 11 is 0. The van der Waals surface area contributed by atoms with Gasteiger partial charge in [-0.15, -0.1) is 0 Å². The summed E-state index contributed by atoms with van der Waals surface area (Å²) in [6.45, 7) is 7.94. The van der Waals surface area contributed by atoms with Gasteiger partial charge in [0.1, 0.15) is 0 Å². The molecular formula is C9H20O2Si. The van der Waals surface area contributed by atoms with E-state index >= 15 is 0 Å². The third kappa shape index (κ3) is 2.09. The SMILES string of the molecule is CCO[Si](C)(OCC)C1CCC1. The predicted molar refractivity (Wildman–Crippen MR) is 52.5 cm³/mol. The Kier molecular flexibility index (Phi) is 3.74. The van der Waals surface area contributed by atoms with Crippen molar-refractivity contribution >= 4 is 8.56 Å². The fraction of sp³-hybridized carbons (Fsp3) is 1.00. The second-order valence-electron chi connectivity index (χ2n) is 3.51. The molecule has 0 aromatic carbocycles. The summed E-state index contributed by atoms with van der Waals surface area (Å²) in [6, 6.07) is 0. The molecule has 2 nitrogen and oxygen atoms in total. The quantitative estimate of drug-likeness (QED) is 0.618. The number of hydrogen-bond acceptors (Lipinski definition) is 2. The Labute approximate surface area is 76.5 Å². The summed E-state index contributed by atoms with van der Waals surface area (Å²) in [5, 5.41) is 0. The molecular weight excluding hydrogens is 168 g/mol. The molecule has 0 N–H and O–H groups in total. The first-order chi connectivity index (χ1) is 5.73. The summed E-state index contributed by atoms with van der Waals surface area (Å²) < 4.78 is 11.6. The van der Waals surface area contributed by atoms with E-state index in [4.69, 9.17) is 8.85 Å². The molecule has 0 aliphatic heterocycles. The van der Waals surface area contributed by atoms with Crippen LogP contribution in [0.15, 0.2) is 0 Å². The Morgan fingerprint density at radius 1 is 1.17 bits per heavy atom. The minimum absolute atomic E-state index is 0.761. The predicted octanol–water partition coefficient (Wildman–Crippen LogP) is 2.69. The zero-order chi connectivity index (χ0) is 9.03. The van der Waals surface area contributed by atoms with Gasteiger partial charge in [0.25, 0.3) is 0 Å². The van der Waals surface area contributed by atoms with Crippen LogP contribution < -0.4 is 0 Å². The van der Waals surface area contributed by atoms with E-state index in [-0.39, 0.29) is 0 Å². The van der Waals surface area contributed by atoms with E-state index in [0.717, 1.165) is 18.8 Å². The second kappa shape index (κ2) is 4.39. The summed E-state index contributed by atoms with van der Waals surface area (Å²) in [7, 11) is -1.77. The summed E-state index contributed by atoms with van der Waals surface area (Å²) in [5.74, 6) is 0. The topological polar surface area (TPSA) is 18.5 Å². The first kappa shape index (κ1) is 10.2. The Bertz CT molecular complexity index is 128. The van der Waals surface area contributed by atoms with E-state index in [1.54, 1.807) is 0 Å². The largest absolute Gasteiger partial charge is 0.394 e. The molecule has 0 bridgehead atoms. The highest BCUT2D eigenvalue weighted by molar-refractivity contribution is 6.67. The zero-order valence-corrected chi connectivity index (χ0v) is 9.43.